The first-order chi connectivity index (χ1) is 7.49. The van der Waals surface area contributed by atoms with E-state index < -0.39 is 6.10 Å². The summed E-state index contributed by atoms with van der Waals surface area (Å²) in [5.41, 5.74) is 0. The van der Waals surface area contributed by atoms with Crippen LogP contribution in [0.2, 0.25) is 0 Å². The Bertz CT molecular complexity index is 349. The van der Waals surface area contributed by atoms with Gasteiger partial charge in [-0.2, -0.15) is 0 Å². The molecule has 0 spiro atoms. The molecule has 1 aromatic rings. The zero-order valence-electron chi connectivity index (χ0n) is 9.66. The average Bonchev–Trinajstić information content (AvgIpc) is 2.20. The summed E-state index contributed by atoms with van der Waals surface area (Å²) >= 11 is 2.22. The molecule has 16 heavy (non-hydrogen) atoms. The number of nitrogens with one attached hydrogen (secondary N) is 1. The van der Waals surface area contributed by atoms with E-state index >= 15 is 0 Å². The molecule has 0 saturated heterocycles. The van der Waals surface area contributed by atoms with Crippen molar-refractivity contribution in [1.82, 2.24) is 5.32 Å². The fourth-order valence-electron chi connectivity index (χ4n) is 1.17. The molecular weight excluding hydrogens is 317 g/mol. The van der Waals surface area contributed by atoms with Crippen molar-refractivity contribution in [3.8, 4) is 5.75 Å². The summed E-state index contributed by atoms with van der Waals surface area (Å²) in [6.45, 7) is 5.60. The van der Waals surface area contributed by atoms with Crippen molar-refractivity contribution >= 4 is 28.5 Å². The normalized spacial score (nSPS) is 12.3. The van der Waals surface area contributed by atoms with Crippen LogP contribution in [0.3, 0.4) is 0 Å². The number of carbonyl (C=O) groups is 1. The lowest BCUT2D eigenvalue weighted by Crippen LogP contribution is -2.39. The molecule has 0 saturated carbocycles. The Kier molecular flexibility index (Phi) is 5.05. The van der Waals surface area contributed by atoms with Crippen LogP contribution < -0.4 is 10.1 Å². The molecule has 0 aliphatic rings. The molecule has 1 N–H and O–H groups in total. The topological polar surface area (TPSA) is 38.3 Å². The number of benzene rings is 1. The average molecular weight is 333 g/mol. The molecular formula is C12H16INO2. The summed E-state index contributed by atoms with van der Waals surface area (Å²) in [7, 11) is 0. The van der Waals surface area contributed by atoms with Crippen LogP contribution in [0.1, 0.15) is 20.8 Å². The quantitative estimate of drug-likeness (QED) is 0.860. The summed E-state index contributed by atoms with van der Waals surface area (Å²) < 4.78 is 6.66. The van der Waals surface area contributed by atoms with Gasteiger partial charge in [-0.25, -0.2) is 0 Å². The maximum absolute atomic E-state index is 11.6. The third kappa shape index (κ3) is 4.38. The molecule has 0 radical (unpaired) electrons. The van der Waals surface area contributed by atoms with E-state index in [0.717, 1.165) is 3.57 Å². The van der Waals surface area contributed by atoms with E-state index in [9.17, 15) is 4.79 Å². The Morgan fingerprint density at radius 2 is 1.81 bits per heavy atom. The molecule has 3 nitrogen and oxygen atoms in total. The molecule has 88 valence electrons. The number of ether oxygens (including phenoxy) is 1. The summed E-state index contributed by atoms with van der Waals surface area (Å²) in [4.78, 5) is 11.6. The van der Waals surface area contributed by atoms with Crippen LogP contribution in [0.5, 0.6) is 5.75 Å². The molecule has 0 bridgehead atoms. The van der Waals surface area contributed by atoms with Gasteiger partial charge >= 0.3 is 0 Å². The molecule has 1 amide bonds. The standard InChI is InChI=1S/C12H16INO2/c1-8(2)14-12(15)9(3)16-11-6-4-10(13)5-7-11/h4-9H,1-3H3,(H,14,15). The predicted molar refractivity (Wildman–Crippen MR) is 72.5 cm³/mol. The second kappa shape index (κ2) is 6.08. The van der Waals surface area contributed by atoms with E-state index in [-0.39, 0.29) is 11.9 Å². The first-order valence-electron chi connectivity index (χ1n) is 5.21. The minimum atomic E-state index is -0.470. The van der Waals surface area contributed by atoms with Gasteiger partial charge < -0.3 is 10.1 Å². The maximum atomic E-state index is 11.6. The third-order valence-electron chi connectivity index (χ3n) is 1.93. The van der Waals surface area contributed by atoms with Gasteiger partial charge in [0.05, 0.1) is 0 Å². The lowest BCUT2D eigenvalue weighted by molar-refractivity contribution is -0.127. The minimum Gasteiger partial charge on any atom is -0.481 e. The molecule has 1 aromatic carbocycles. The maximum Gasteiger partial charge on any atom is 0.260 e. The molecule has 0 heterocycles. The Morgan fingerprint density at radius 3 is 2.31 bits per heavy atom. The molecule has 0 fully saturated rings. The van der Waals surface area contributed by atoms with Crippen molar-refractivity contribution in [3.63, 3.8) is 0 Å². The molecule has 1 atom stereocenters. The first kappa shape index (κ1) is 13.3. The van der Waals surface area contributed by atoms with E-state index in [0.29, 0.717) is 5.75 Å². The largest absolute Gasteiger partial charge is 0.481 e. The van der Waals surface area contributed by atoms with Gasteiger partial charge in [-0.15, -0.1) is 0 Å². The van der Waals surface area contributed by atoms with E-state index in [1.54, 1.807) is 6.92 Å². The SMILES string of the molecule is CC(C)NC(=O)C(C)Oc1ccc(I)cc1. The van der Waals surface area contributed by atoms with Crippen molar-refractivity contribution in [3.05, 3.63) is 27.8 Å². The summed E-state index contributed by atoms with van der Waals surface area (Å²) in [5, 5.41) is 2.81. The number of halogens is 1. The molecule has 1 unspecified atom stereocenters. The van der Waals surface area contributed by atoms with Crippen LogP contribution in [-0.2, 0) is 4.79 Å². The van der Waals surface area contributed by atoms with Gasteiger partial charge in [0.25, 0.3) is 5.91 Å². The number of carbonyl (C=O) groups excluding carboxylic acids is 1. The fourth-order valence-corrected chi connectivity index (χ4v) is 1.53. The predicted octanol–water partition coefficient (Wildman–Crippen LogP) is 2.58. The van der Waals surface area contributed by atoms with Crippen LogP contribution in [0.4, 0.5) is 0 Å². The van der Waals surface area contributed by atoms with Gasteiger partial charge in [0, 0.05) is 9.61 Å². The van der Waals surface area contributed by atoms with Gasteiger partial charge in [-0.3, -0.25) is 4.79 Å². The van der Waals surface area contributed by atoms with E-state index in [1.807, 2.05) is 38.1 Å². The third-order valence-corrected chi connectivity index (χ3v) is 2.65. The number of rotatable bonds is 4. The van der Waals surface area contributed by atoms with Crippen molar-refractivity contribution in [2.24, 2.45) is 0 Å². The number of hydrogen-bond acceptors (Lipinski definition) is 2. The second-order valence-electron chi connectivity index (χ2n) is 3.88. The Morgan fingerprint density at radius 1 is 1.25 bits per heavy atom. The number of amides is 1. The van der Waals surface area contributed by atoms with Gasteiger partial charge in [-0.1, -0.05) is 0 Å². The Labute approximate surface area is 110 Å². The van der Waals surface area contributed by atoms with Crippen LogP contribution in [0.15, 0.2) is 24.3 Å². The first-order valence-corrected chi connectivity index (χ1v) is 6.29. The highest BCUT2D eigenvalue weighted by Crippen LogP contribution is 2.14. The van der Waals surface area contributed by atoms with Crippen LogP contribution in [0, 0.1) is 3.57 Å². The van der Waals surface area contributed by atoms with Crippen LogP contribution in [0.25, 0.3) is 0 Å². The van der Waals surface area contributed by atoms with Gasteiger partial charge in [0.15, 0.2) is 6.10 Å². The van der Waals surface area contributed by atoms with Crippen molar-refractivity contribution in [1.29, 1.82) is 0 Å². The Balaban J connectivity index is 2.53. The van der Waals surface area contributed by atoms with Gasteiger partial charge in [0.2, 0.25) is 0 Å². The minimum absolute atomic E-state index is 0.0893. The van der Waals surface area contributed by atoms with Gasteiger partial charge in [0.1, 0.15) is 5.75 Å². The number of hydrogen-bond donors (Lipinski definition) is 1. The summed E-state index contributed by atoms with van der Waals surface area (Å²) in [6.07, 6.45) is -0.470. The van der Waals surface area contributed by atoms with Crippen molar-refractivity contribution in [2.75, 3.05) is 0 Å². The second-order valence-corrected chi connectivity index (χ2v) is 5.12. The highest BCUT2D eigenvalue weighted by molar-refractivity contribution is 14.1. The van der Waals surface area contributed by atoms with Gasteiger partial charge in [-0.05, 0) is 67.6 Å². The monoisotopic (exact) mass is 333 g/mol. The van der Waals surface area contributed by atoms with Crippen molar-refractivity contribution < 1.29 is 9.53 Å². The zero-order chi connectivity index (χ0) is 12.1. The van der Waals surface area contributed by atoms with E-state index in [1.165, 1.54) is 0 Å². The zero-order valence-corrected chi connectivity index (χ0v) is 11.8. The van der Waals surface area contributed by atoms with E-state index in [2.05, 4.69) is 27.9 Å². The van der Waals surface area contributed by atoms with Crippen LogP contribution in [-0.4, -0.2) is 18.1 Å². The van der Waals surface area contributed by atoms with E-state index in [4.69, 9.17) is 4.74 Å². The molecule has 0 aliphatic heterocycles. The highest BCUT2D eigenvalue weighted by atomic mass is 127. The summed E-state index contributed by atoms with van der Waals surface area (Å²) in [6, 6.07) is 7.75. The smallest absolute Gasteiger partial charge is 0.260 e. The molecule has 0 aliphatic carbocycles. The van der Waals surface area contributed by atoms with Crippen LogP contribution >= 0.6 is 22.6 Å². The van der Waals surface area contributed by atoms with Crippen molar-refractivity contribution in [2.45, 2.75) is 32.9 Å². The fraction of sp³-hybridized carbons (Fsp3) is 0.417. The molecule has 0 aromatic heterocycles. The molecule has 1 rings (SSSR count). The lowest BCUT2D eigenvalue weighted by Gasteiger charge is -2.16. The Hall–Kier alpha value is -0.780. The highest BCUT2D eigenvalue weighted by Gasteiger charge is 2.14. The lowest BCUT2D eigenvalue weighted by atomic mass is 10.3. The molecule has 4 heteroatoms. The summed E-state index contributed by atoms with van der Waals surface area (Å²) in [5.74, 6) is 0.625.